The van der Waals surface area contributed by atoms with Crippen molar-refractivity contribution in [2.24, 2.45) is 5.73 Å². The molecule has 2 unspecified atom stereocenters. The number of hydrogen-bond donors (Lipinski definition) is 3. The molecule has 1 heterocycles. The zero-order chi connectivity index (χ0) is 12.3. The Morgan fingerprint density at radius 2 is 2.24 bits per heavy atom. The minimum absolute atomic E-state index is 0.211. The number of nitrogens with one attached hydrogen (secondary N) is 2. The fourth-order valence-corrected chi connectivity index (χ4v) is 1.96. The molecule has 0 aromatic heterocycles. The molecule has 0 aliphatic carbocycles. The summed E-state index contributed by atoms with van der Waals surface area (Å²) in [7, 11) is 0. The number of primary amides is 1. The molecule has 1 saturated heterocycles. The van der Waals surface area contributed by atoms with Crippen LogP contribution in [-0.4, -0.2) is 24.8 Å². The lowest BCUT2D eigenvalue weighted by Crippen LogP contribution is -2.26. The molecule has 0 spiro atoms. The second-order valence-corrected chi connectivity index (χ2v) is 4.19. The van der Waals surface area contributed by atoms with E-state index in [1.165, 1.54) is 0 Å². The zero-order valence-electron chi connectivity index (χ0n) is 9.77. The summed E-state index contributed by atoms with van der Waals surface area (Å²) in [6.07, 6.45) is 1.21. The Morgan fingerprint density at radius 1 is 1.47 bits per heavy atom. The number of carbonyl (C=O) groups excluding carboxylic acids is 1. The number of benzene rings is 1. The Hall–Kier alpha value is -1.75. The first-order valence-corrected chi connectivity index (χ1v) is 5.70. The molecular weight excluding hydrogens is 218 g/mol. The normalized spacial score (nSPS) is 23.4. The van der Waals surface area contributed by atoms with E-state index in [2.05, 4.69) is 17.6 Å². The molecule has 1 fully saturated rings. The number of ether oxygens (including phenoxy) is 1. The van der Waals surface area contributed by atoms with Crippen LogP contribution < -0.4 is 16.4 Å². The zero-order valence-corrected chi connectivity index (χ0v) is 9.77. The van der Waals surface area contributed by atoms with E-state index < -0.39 is 6.03 Å². The maximum atomic E-state index is 10.7. The van der Waals surface area contributed by atoms with Crippen molar-refractivity contribution in [3.05, 3.63) is 24.3 Å². The molecule has 1 aromatic carbocycles. The smallest absolute Gasteiger partial charge is 0.316 e. The van der Waals surface area contributed by atoms with Crippen LogP contribution in [-0.2, 0) is 4.74 Å². The van der Waals surface area contributed by atoms with Gasteiger partial charge in [-0.15, -0.1) is 0 Å². The standard InChI is InChI=1S/C12H17N3O2/c1-8-11(5-6-17-8)14-9-3-2-4-10(7-9)15-12(13)16/h2-4,7-8,11,14H,5-6H2,1H3,(H3,13,15,16). The summed E-state index contributed by atoms with van der Waals surface area (Å²) in [5, 5.41) is 5.94. The molecule has 5 nitrogen and oxygen atoms in total. The topological polar surface area (TPSA) is 76.4 Å². The molecule has 0 bridgehead atoms. The van der Waals surface area contributed by atoms with E-state index in [9.17, 15) is 4.79 Å². The number of rotatable bonds is 3. The van der Waals surface area contributed by atoms with Gasteiger partial charge >= 0.3 is 6.03 Å². The summed E-state index contributed by atoms with van der Waals surface area (Å²) in [4.78, 5) is 10.7. The van der Waals surface area contributed by atoms with Crippen molar-refractivity contribution in [3.8, 4) is 0 Å². The predicted molar refractivity (Wildman–Crippen MR) is 67.1 cm³/mol. The molecule has 4 N–H and O–H groups in total. The lowest BCUT2D eigenvalue weighted by molar-refractivity contribution is 0.121. The molecule has 2 rings (SSSR count). The van der Waals surface area contributed by atoms with Crippen LogP contribution in [0.3, 0.4) is 0 Å². The van der Waals surface area contributed by atoms with Crippen molar-refractivity contribution in [2.75, 3.05) is 17.2 Å². The van der Waals surface area contributed by atoms with E-state index in [0.29, 0.717) is 11.7 Å². The number of anilines is 2. The quantitative estimate of drug-likeness (QED) is 0.747. The van der Waals surface area contributed by atoms with Crippen LogP contribution in [0.25, 0.3) is 0 Å². The van der Waals surface area contributed by atoms with E-state index in [4.69, 9.17) is 10.5 Å². The molecule has 17 heavy (non-hydrogen) atoms. The molecular formula is C12H17N3O2. The van der Waals surface area contributed by atoms with Crippen LogP contribution >= 0.6 is 0 Å². The molecule has 92 valence electrons. The third-order valence-corrected chi connectivity index (χ3v) is 2.86. The molecule has 2 amide bonds. The van der Waals surface area contributed by atoms with Gasteiger partial charge < -0.3 is 21.1 Å². The van der Waals surface area contributed by atoms with Crippen LogP contribution in [0.4, 0.5) is 16.2 Å². The number of amides is 2. The van der Waals surface area contributed by atoms with Gasteiger partial charge in [-0.25, -0.2) is 4.79 Å². The first-order chi connectivity index (χ1) is 8.15. The molecule has 0 saturated carbocycles. The maximum absolute atomic E-state index is 10.7. The summed E-state index contributed by atoms with van der Waals surface area (Å²) in [5.74, 6) is 0. The average molecular weight is 235 g/mol. The lowest BCUT2D eigenvalue weighted by Gasteiger charge is -2.17. The van der Waals surface area contributed by atoms with Crippen LogP contribution in [0.1, 0.15) is 13.3 Å². The monoisotopic (exact) mass is 235 g/mol. The van der Waals surface area contributed by atoms with Crippen LogP contribution in [0.2, 0.25) is 0 Å². The van der Waals surface area contributed by atoms with Crippen molar-refractivity contribution in [2.45, 2.75) is 25.5 Å². The van der Waals surface area contributed by atoms with Gasteiger partial charge in [0.15, 0.2) is 0 Å². The SMILES string of the molecule is CC1OCCC1Nc1cccc(NC(N)=O)c1. The van der Waals surface area contributed by atoms with Gasteiger partial charge in [-0.2, -0.15) is 0 Å². The maximum Gasteiger partial charge on any atom is 0.316 e. The van der Waals surface area contributed by atoms with Gasteiger partial charge in [-0.05, 0) is 31.5 Å². The van der Waals surface area contributed by atoms with Crippen molar-refractivity contribution < 1.29 is 9.53 Å². The summed E-state index contributed by atoms with van der Waals surface area (Å²) in [5.41, 5.74) is 6.72. The molecule has 1 aliphatic heterocycles. The fraction of sp³-hybridized carbons (Fsp3) is 0.417. The largest absolute Gasteiger partial charge is 0.380 e. The molecule has 1 aromatic rings. The van der Waals surface area contributed by atoms with Crippen LogP contribution in [0.5, 0.6) is 0 Å². The van der Waals surface area contributed by atoms with E-state index in [-0.39, 0.29) is 6.10 Å². The summed E-state index contributed by atoms with van der Waals surface area (Å²) >= 11 is 0. The van der Waals surface area contributed by atoms with Crippen molar-refractivity contribution >= 4 is 17.4 Å². The Balaban J connectivity index is 2.03. The Labute approximate surface area is 100 Å². The van der Waals surface area contributed by atoms with Gasteiger partial charge in [0, 0.05) is 18.0 Å². The second kappa shape index (κ2) is 5.05. The van der Waals surface area contributed by atoms with E-state index in [0.717, 1.165) is 18.7 Å². The minimum atomic E-state index is -0.556. The van der Waals surface area contributed by atoms with Gasteiger partial charge in [0.1, 0.15) is 0 Å². The van der Waals surface area contributed by atoms with E-state index in [1.807, 2.05) is 18.2 Å². The summed E-state index contributed by atoms with van der Waals surface area (Å²) in [6, 6.07) is 7.24. The average Bonchev–Trinajstić information content (AvgIpc) is 2.64. The first kappa shape index (κ1) is 11.7. The highest BCUT2D eigenvalue weighted by Gasteiger charge is 2.23. The van der Waals surface area contributed by atoms with Crippen molar-refractivity contribution in [1.82, 2.24) is 0 Å². The third kappa shape index (κ3) is 3.10. The number of hydrogen-bond acceptors (Lipinski definition) is 3. The molecule has 2 atom stereocenters. The Kier molecular flexibility index (Phi) is 3.49. The van der Waals surface area contributed by atoms with Crippen LogP contribution in [0.15, 0.2) is 24.3 Å². The van der Waals surface area contributed by atoms with E-state index in [1.54, 1.807) is 6.07 Å². The molecule has 1 aliphatic rings. The highest BCUT2D eigenvalue weighted by molar-refractivity contribution is 5.88. The number of nitrogens with two attached hydrogens (primary N) is 1. The summed E-state index contributed by atoms with van der Waals surface area (Å²) < 4.78 is 5.48. The molecule has 5 heteroatoms. The molecule has 0 radical (unpaired) electrons. The van der Waals surface area contributed by atoms with E-state index >= 15 is 0 Å². The highest BCUT2D eigenvalue weighted by atomic mass is 16.5. The van der Waals surface area contributed by atoms with Gasteiger partial charge in [0.2, 0.25) is 0 Å². The number of carbonyl (C=O) groups is 1. The highest BCUT2D eigenvalue weighted by Crippen LogP contribution is 2.21. The number of urea groups is 1. The second-order valence-electron chi connectivity index (χ2n) is 4.19. The Bertz CT molecular complexity index is 408. The van der Waals surface area contributed by atoms with Crippen molar-refractivity contribution in [1.29, 1.82) is 0 Å². The van der Waals surface area contributed by atoms with Crippen molar-refractivity contribution in [3.63, 3.8) is 0 Å². The van der Waals surface area contributed by atoms with Gasteiger partial charge in [-0.1, -0.05) is 6.07 Å². The summed E-state index contributed by atoms with van der Waals surface area (Å²) in [6.45, 7) is 2.84. The van der Waals surface area contributed by atoms with Gasteiger partial charge in [0.25, 0.3) is 0 Å². The lowest BCUT2D eigenvalue weighted by atomic mass is 10.1. The predicted octanol–water partition coefficient (Wildman–Crippen LogP) is 1.77. The van der Waals surface area contributed by atoms with Gasteiger partial charge in [0.05, 0.1) is 12.1 Å². The fourth-order valence-electron chi connectivity index (χ4n) is 1.96. The Morgan fingerprint density at radius 3 is 2.88 bits per heavy atom. The van der Waals surface area contributed by atoms with Gasteiger partial charge in [-0.3, -0.25) is 0 Å². The van der Waals surface area contributed by atoms with Crippen LogP contribution in [0, 0.1) is 0 Å². The minimum Gasteiger partial charge on any atom is -0.380 e. The third-order valence-electron chi connectivity index (χ3n) is 2.86. The first-order valence-electron chi connectivity index (χ1n) is 5.70.